The molecule has 0 saturated heterocycles. The van der Waals surface area contributed by atoms with Crippen molar-refractivity contribution in [3.8, 4) is 17.0 Å². The average molecular weight is 328 g/mol. The summed E-state index contributed by atoms with van der Waals surface area (Å²) in [5.41, 5.74) is 7.39. The quantitative estimate of drug-likeness (QED) is 0.727. The van der Waals surface area contributed by atoms with Crippen molar-refractivity contribution < 1.29 is 9.53 Å². The Labute approximate surface area is 142 Å². The molecule has 0 fully saturated rings. The summed E-state index contributed by atoms with van der Waals surface area (Å²) in [4.78, 5) is 19.9. The lowest BCUT2D eigenvalue weighted by Gasteiger charge is -2.09. The Hall–Kier alpha value is -2.63. The molecule has 0 aliphatic heterocycles. The number of nitrogens with one attached hydrogen (secondary N) is 1. The summed E-state index contributed by atoms with van der Waals surface area (Å²) in [7, 11) is 1.55. The van der Waals surface area contributed by atoms with Gasteiger partial charge < -0.3 is 15.8 Å². The number of unbranched alkanes of at least 4 members (excludes halogenated alkanes) is 3. The third-order valence-electron chi connectivity index (χ3n) is 3.60. The first kappa shape index (κ1) is 17.7. The Morgan fingerprint density at radius 3 is 2.79 bits per heavy atom. The van der Waals surface area contributed by atoms with Crippen molar-refractivity contribution in [3.63, 3.8) is 0 Å². The highest BCUT2D eigenvalue weighted by molar-refractivity contribution is 5.93. The molecule has 1 aromatic carbocycles. The Balaban J connectivity index is 2.13. The molecule has 24 heavy (non-hydrogen) atoms. The summed E-state index contributed by atoms with van der Waals surface area (Å²) >= 11 is 0. The highest BCUT2D eigenvalue weighted by atomic mass is 16.5. The summed E-state index contributed by atoms with van der Waals surface area (Å²) in [6, 6.07) is 9.23. The van der Waals surface area contributed by atoms with Gasteiger partial charge in [0.15, 0.2) is 0 Å². The smallest absolute Gasteiger partial charge is 0.269 e. The summed E-state index contributed by atoms with van der Waals surface area (Å²) < 4.78 is 5.79. The molecular weight excluding hydrogens is 304 g/mol. The van der Waals surface area contributed by atoms with Gasteiger partial charge in [-0.15, -0.1) is 0 Å². The van der Waals surface area contributed by atoms with Crippen LogP contribution >= 0.6 is 0 Å². The topological polar surface area (TPSA) is 90.1 Å². The van der Waals surface area contributed by atoms with Crippen LogP contribution < -0.4 is 15.8 Å². The summed E-state index contributed by atoms with van der Waals surface area (Å²) in [6.45, 7) is 2.88. The monoisotopic (exact) mass is 328 g/mol. The zero-order chi connectivity index (χ0) is 17.4. The molecule has 0 atom stereocenters. The van der Waals surface area contributed by atoms with E-state index in [-0.39, 0.29) is 17.5 Å². The molecule has 0 saturated carbocycles. The van der Waals surface area contributed by atoms with Crippen LogP contribution in [0.3, 0.4) is 0 Å². The zero-order valence-corrected chi connectivity index (χ0v) is 14.2. The Bertz CT molecular complexity index is 688. The fourth-order valence-corrected chi connectivity index (χ4v) is 2.32. The van der Waals surface area contributed by atoms with Crippen LogP contribution in [-0.2, 0) is 0 Å². The predicted octanol–water partition coefficient (Wildman–Crippen LogP) is 3.04. The van der Waals surface area contributed by atoms with Gasteiger partial charge in [0.1, 0.15) is 11.4 Å². The van der Waals surface area contributed by atoms with Gasteiger partial charge in [-0.1, -0.05) is 38.3 Å². The SMILES string of the molecule is CCCCCCOc1cccc(-c2cc(C(=O)NC)nc(N)n2)c1. The van der Waals surface area contributed by atoms with Gasteiger partial charge in [-0.2, -0.15) is 0 Å². The first-order chi connectivity index (χ1) is 11.6. The van der Waals surface area contributed by atoms with Gasteiger partial charge in [0.05, 0.1) is 12.3 Å². The highest BCUT2D eigenvalue weighted by Gasteiger charge is 2.11. The van der Waals surface area contributed by atoms with Crippen LogP contribution in [-0.4, -0.2) is 29.5 Å². The molecule has 128 valence electrons. The number of nitrogens with two attached hydrogens (primary N) is 1. The van der Waals surface area contributed by atoms with Crippen molar-refractivity contribution in [3.05, 3.63) is 36.0 Å². The van der Waals surface area contributed by atoms with E-state index < -0.39 is 0 Å². The van der Waals surface area contributed by atoms with E-state index in [1.165, 1.54) is 19.3 Å². The first-order valence-electron chi connectivity index (χ1n) is 8.24. The molecule has 6 nitrogen and oxygen atoms in total. The maximum Gasteiger partial charge on any atom is 0.269 e. The molecular formula is C18H24N4O2. The second-order valence-corrected chi connectivity index (χ2v) is 5.51. The summed E-state index contributed by atoms with van der Waals surface area (Å²) in [5.74, 6) is 0.549. The van der Waals surface area contributed by atoms with E-state index in [0.29, 0.717) is 12.3 Å². The molecule has 3 N–H and O–H groups in total. The number of nitrogens with zero attached hydrogens (tertiary/aromatic N) is 2. The van der Waals surface area contributed by atoms with Crippen LogP contribution in [0.2, 0.25) is 0 Å². The molecule has 0 aliphatic rings. The van der Waals surface area contributed by atoms with E-state index in [2.05, 4.69) is 22.2 Å². The number of amides is 1. The number of carbonyl (C=O) groups is 1. The highest BCUT2D eigenvalue weighted by Crippen LogP contribution is 2.23. The van der Waals surface area contributed by atoms with E-state index >= 15 is 0 Å². The molecule has 1 amide bonds. The third kappa shape index (κ3) is 4.94. The van der Waals surface area contributed by atoms with Gasteiger partial charge in [0.2, 0.25) is 5.95 Å². The van der Waals surface area contributed by atoms with Crippen molar-refractivity contribution in [1.82, 2.24) is 15.3 Å². The fourth-order valence-electron chi connectivity index (χ4n) is 2.32. The van der Waals surface area contributed by atoms with Crippen molar-refractivity contribution in [1.29, 1.82) is 0 Å². The van der Waals surface area contributed by atoms with Crippen molar-refractivity contribution in [2.75, 3.05) is 19.4 Å². The number of aromatic nitrogens is 2. The van der Waals surface area contributed by atoms with Crippen LogP contribution in [0, 0.1) is 0 Å². The van der Waals surface area contributed by atoms with Crippen LogP contribution in [0.1, 0.15) is 43.1 Å². The molecule has 0 bridgehead atoms. The normalized spacial score (nSPS) is 10.4. The van der Waals surface area contributed by atoms with Gasteiger partial charge in [-0.3, -0.25) is 4.79 Å². The van der Waals surface area contributed by atoms with Crippen molar-refractivity contribution >= 4 is 11.9 Å². The van der Waals surface area contributed by atoms with Crippen molar-refractivity contribution in [2.45, 2.75) is 32.6 Å². The number of anilines is 1. The zero-order valence-electron chi connectivity index (χ0n) is 14.2. The van der Waals surface area contributed by atoms with Crippen LogP contribution in [0.15, 0.2) is 30.3 Å². The Morgan fingerprint density at radius 1 is 1.21 bits per heavy atom. The Morgan fingerprint density at radius 2 is 2.04 bits per heavy atom. The second kappa shape index (κ2) is 8.86. The number of ether oxygens (including phenoxy) is 1. The summed E-state index contributed by atoms with van der Waals surface area (Å²) in [6.07, 6.45) is 4.65. The predicted molar refractivity (Wildman–Crippen MR) is 94.9 cm³/mol. The lowest BCUT2D eigenvalue weighted by molar-refractivity contribution is 0.0958. The van der Waals surface area contributed by atoms with E-state index in [9.17, 15) is 4.79 Å². The lowest BCUT2D eigenvalue weighted by Crippen LogP contribution is -2.20. The van der Waals surface area contributed by atoms with Crippen molar-refractivity contribution in [2.24, 2.45) is 0 Å². The average Bonchev–Trinajstić information content (AvgIpc) is 2.60. The lowest BCUT2D eigenvalue weighted by atomic mass is 10.1. The minimum Gasteiger partial charge on any atom is -0.494 e. The van der Waals surface area contributed by atoms with Gasteiger partial charge >= 0.3 is 0 Å². The molecule has 0 spiro atoms. The molecule has 1 heterocycles. The first-order valence-corrected chi connectivity index (χ1v) is 8.24. The van der Waals surface area contributed by atoms with Crippen LogP contribution in [0.5, 0.6) is 5.75 Å². The minimum atomic E-state index is -0.298. The van der Waals surface area contributed by atoms with E-state index in [1.807, 2.05) is 24.3 Å². The van der Waals surface area contributed by atoms with Gasteiger partial charge in [0.25, 0.3) is 5.91 Å². The van der Waals surface area contributed by atoms with Gasteiger partial charge in [-0.25, -0.2) is 9.97 Å². The van der Waals surface area contributed by atoms with E-state index in [4.69, 9.17) is 10.5 Å². The molecule has 2 rings (SSSR count). The number of carbonyl (C=O) groups excluding carboxylic acids is 1. The largest absolute Gasteiger partial charge is 0.494 e. The maximum atomic E-state index is 11.8. The van der Waals surface area contributed by atoms with E-state index in [0.717, 1.165) is 17.7 Å². The number of hydrogen-bond donors (Lipinski definition) is 2. The molecule has 0 aliphatic carbocycles. The molecule has 0 unspecified atom stereocenters. The minimum absolute atomic E-state index is 0.0667. The van der Waals surface area contributed by atoms with Gasteiger partial charge in [0, 0.05) is 12.6 Å². The fraction of sp³-hybridized carbons (Fsp3) is 0.389. The molecule has 6 heteroatoms. The Kier molecular flexibility index (Phi) is 6.54. The molecule has 0 radical (unpaired) electrons. The maximum absolute atomic E-state index is 11.8. The molecule has 2 aromatic rings. The third-order valence-corrected chi connectivity index (χ3v) is 3.60. The standard InChI is InChI=1S/C18H24N4O2/c1-3-4-5-6-10-24-14-9-7-8-13(11-14)15-12-16(17(23)20-2)22-18(19)21-15/h7-9,11-12H,3-6,10H2,1-2H3,(H,20,23)(H2,19,21,22). The van der Waals surface area contributed by atoms with Crippen LogP contribution in [0.25, 0.3) is 11.3 Å². The number of rotatable bonds is 8. The van der Waals surface area contributed by atoms with E-state index in [1.54, 1.807) is 13.1 Å². The second-order valence-electron chi connectivity index (χ2n) is 5.51. The number of hydrogen-bond acceptors (Lipinski definition) is 5. The summed E-state index contributed by atoms with van der Waals surface area (Å²) in [5, 5.41) is 2.53. The molecule has 1 aromatic heterocycles. The van der Waals surface area contributed by atoms with Crippen LogP contribution in [0.4, 0.5) is 5.95 Å². The number of benzene rings is 1. The number of nitrogen functional groups attached to an aromatic ring is 1. The van der Waals surface area contributed by atoms with Gasteiger partial charge in [-0.05, 0) is 24.6 Å².